The van der Waals surface area contributed by atoms with Crippen LogP contribution in [0.5, 0.6) is 17.2 Å². The zero-order chi connectivity index (χ0) is 27.5. The Hall–Kier alpha value is -3.30. The van der Waals surface area contributed by atoms with E-state index in [2.05, 4.69) is 9.80 Å². The van der Waals surface area contributed by atoms with Gasteiger partial charge in [-0.2, -0.15) is 0 Å². The maximum Gasteiger partial charge on any atom is 0.338 e. The summed E-state index contributed by atoms with van der Waals surface area (Å²) in [5.41, 5.74) is 0.899. The fraction of sp³-hybridized carbons (Fsp3) is 0.533. The van der Waals surface area contributed by atoms with Gasteiger partial charge in [0.05, 0.1) is 38.6 Å². The molecule has 9 heteroatoms. The Morgan fingerprint density at radius 1 is 0.821 bits per heavy atom. The van der Waals surface area contributed by atoms with Crippen LogP contribution in [0.1, 0.15) is 52.8 Å². The molecule has 2 aliphatic heterocycles. The van der Waals surface area contributed by atoms with Gasteiger partial charge < -0.3 is 33.5 Å². The highest BCUT2D eigenvalue weighted by Gasteiger charge is 2.22. The van der Waals surface area contributed by atoms with Gasteiger partial charge in [0.2, 0.25) is 5.75 Å². The van der Waals surface area contributed by atoms with E-state index < -0.39 is 5.97 Å². The first-order valence-corrected chi connectivity index (χ1v) is 13.8. The minimum absolute atomic E-state index is 0.236. The number of cyclic esters (lactones) is 1. The third kappa shape index (κ3) is 8.34. The van der Waals surface area contributed by atoms with Crippen molar-refractivity contribution in [1.29, 1.82) is 0 Å². The second kappa shape index (κ2) is 14.7. The van der Waals surface area contributed by atoms with Gasteiger partial charge in [-0.15, -0.1) is 0 Å². The van der Waals surface area contributed by atoms with Gasteiger partial charge in [-0.3, -0.25) is 0 Å². The summed E-state index contributed by atoms with van der Waals surface area (Å²) in [6.07, 6.45) is 3.67. The van der Waals surface area contributed by atoms with Crippen molar-refractivity contribution in [2.24, 2.45) is 0 Å². The number of ether oxygens (including phenoxy) is 5. The molecule has 3 unspecified atom stereocenters. The standard InChI is InChI=1S/C30H40N2O7/c1-35-26-21-24-22-27(28(26)36-2)37-19-6-11-25(39-30(34)23-9-4-3-5-10-23)12-16-32-14-7-13-31(17-18-32)15-8-20-38-29(24)33/h3-5,9-10,21-22,25H,6-8,11-20H2,1-2H3. The van der Waals surface area contributed by atoms with E-state index in [1.54, 1.807) is 24.3 Å². The topological polar surface area (TPSA) is 86.8 Å². The quantitative estimate of drug-likeness (QED) is 0.533. The Labute approximate surface area is 230 Å². The molecule has 39 heavy (non-hydrogen) atoms. The zero-order valence-electron chi connectivity index (χ0n) is 23.1. The smallest absolute Gasteiger partial charge is 0.338 e. The van der Waals surface area contributed by atoms with Gasteiger partial charge in [0.1, 0.15) is 6.10 Å². The van der Waals surface area contributed by atoms with Crippen molar-refractivity contribution >= 4 is 11.9 Å². The predicted molar refractivity (Wildman–Crippen MR) is 147 cm³/mol. The number of carbonyl (C=O) groups is 2. The lowest BCUT2D eigenvalue weighted by Crippen LogP contribution is -2.34. The van der Waals surface area contributed by atoms with Crippen molar-refractivity contribution in [2.45, 2.75) is 38.2 Å². The van der Waals surface area contributed by atoms with Crippen molar-refractivity contribution < 1.29 is 33.3 Å². The number of benzene rings is 2. The minimum Gasteiger partial charge on any atom is -0.493 e. The molecule has 2 aliphatic rings. The highest BCUT2D eigenvalue weighted by Crippen LogP contribution is 2.38. The molecule has 0 aromatic heterocycles. The van der Waals surface area contributed by atoms with Crippen molar-refractivity contribution in [3.63, 3.8) is 0 Å². The molecule has 9 nitrogen and oxygen atoms in total. The summed E-state index contributed by atoms with van der Waals surface area (Å²) in [7, 11) is 3.05. The van der Waals surface area contributed by atoms with Crippen LogP contribution >= 0.6 is 0 Å². The minimum atomic E-state index is -0.423. The van der Waals surface area contributed by atoms with E-state index in [1.165, 1.54) is 14.2 Å². The van der Waals surface area contributed by atoms with Crippen molar-refractivity contribution in [2.75, 3.05) is 66.7 Å². The lowest BCUT2D eigenvalue weighted by atomic mass is 10.1. The van der Waals surface area contributed by atoms with Gasteiger partial charge in [-0.05, 0) is 69.5 Å². The Morgan fingerprint density at radius 3 is 2.28 bits per heavy atom. The number of carbonyl (C=O) groups excluding carboxylic acids is 2. The molecule has 0 amide bonds. The Bertz CT molecular complexity index is 1080. The predicted octanol–water partition coefficient (Wildman–Crippen LogP) is 4.05. The third-order valence-electron chi connectivity index (χ3n) is 7.19. The number of hydrogen-bond acceptors (Lipinski definition) is 9. The molecule has 3 atom stereocenters. The first-order valence-electron chi connectivity index (χ1n) is 13.8. The maximum absolute atomic E-state index is 12.8. The van der Waals surface area contributed by atoms with E-state index in [0.29, 0.717) is 54.4 Å². The van der Waals surface area contributed by atoms with Crippen LogP contribution < -0.4 is 14.2 Å². The molecule has 0 radical (unpaired) electrons. The third-order valence-corrected chi connectivity index (χ3v) is 7.19. The Kier molecular flexibility index (Phi) is 10.9. The second-order valence-electron chi connectivity index (χ2n) is 9.91. The fourth-order valence-electron chi connectivity index (χ4n) is 5.04. The molecular formula is C30H40N2O7. The van der Waals surface area contributed by atoms with Crippen LogP contribution in [0.25, 0.3) is 0 Å². The van der Waals surface area contributed by atoms with Gasteiger partial charge in [-0.25, -0.2) is 9.59 Å². The van der Waals surface area contributed by atoms with Crippen molar-refractivity contribution in [3.8, 4) is 17.2 Å². The highest BCUT2D eigenvalue weighted by molar-refractivity contribution is 5.91. The van der Waals surface area contributed by atoms with Gasteiger partial charge >= 0.3 is 11.9 Å². The summed E-state index contributed by atoms with van der Waals surface area (Å²) in [5.74, 6) is 0.496. The number of esters is 2. The van der Waals surface area contributed by atoms with E-state index in [1.807, 2.05) is 18.2 Å². The summed E-state index contributed by atoms with van der Waals surface area (Å²) >= 11 is 0. The van der Waals surface area contributed by atoms with E-state index in [9.17, 15) is 9.59 Å². The number of hydrogen-bond donors (Lipinski definition) is 0. The van der Waals surface area contributed by atoms with E-state index in [-0.39, 0.29) is 12.1 Å². The maximum atomic E-state index is 12.8. The molecule has 4 bridgehead atoms. The van der Waals surface area contributed by atoms with Crippen molar-refractivity contribution in [1.82, 2.24) is 9.80 Å². The largest absolute Gasteiger partial charge is 0.493 e. The fourth-order valence-corrected chi connectivity index (χ4v) is 5.04. The highest BCUT2D eigenvalue weighted by atomic mass is 16.5. The number of nitrogens with zero attached hydrogens (tertiary/aromatic N) is 2. The molecule has 1 fully saturated rings. The molecule has 4 rings (SSSR count). The first-order chi connectivity index (χ1) is 19.1. The van der Waals surface area contributed by atoms with Gasteiger partial charge in [-0.1, -0.05) is 18.2 Å². The van der Waals surface area contributed by atoms with Crippen LogP contribution in [-0.2, 0) is 9.47 Å². The van der Waals surface area contributed by atoms with Gasteiger partial charge in [0, 0.05) is 26.2 Å². The number of rotatable bonds is 4. The molecule has 212 valence electrons. The van der Waals surface area contributed by atoms with Crippen LogP contribution in [0.15, 0.2) is 42.5 Å². The summed E-state index contributed by atoms with van der Waals surface area (Å²) < 4.78 is 28.6. The number of methoxy groups -OCH3 is 2. The SMILES string of the molecule is COc1cc2cc(c1OC)OCCCC(OC(=O)c1ccccc1)CCN1CCCN(CCCOC2=O)CC1. The first kappa shape index (κ1) is 28.7. The van der Waals surface area contributed by atoms with Gasteiger partial charge in [0.25, 0.3) is 0 Å². The lowest BCUT2D eigenvalue weighted by molar-refractivity contribution is 0.0221. The van der Waals surface area contributed by atoms with Crippen LogP contribution in [0.4, 0.5) is 0 Å². The molecule has 2 aromatic rings. The van der Waals surface area contributed by atoms with E-state index in [4.69, 9.17) is 23.7 Å². The van der Waals surface area contributed by atoms with Crippen LogP contribution in [0, 0.1) is 0 Å². The Morgan fingerprint density at radius 2 is 1.54 bits per heavy atom. The molecule has 0 spiro atoms. The average Bonchev–Trinajstić information content (AvgIpc) is 3.20. The molecule has 1 saturated heterocycles. The average molecular weight is 541 g/mol. The molecule has 2 aromatic carbocycles. The zero-order valence-corrected chi connectivity index (χ0v) is 23.1. The van der Waals surface area contributed by atoms with Gasteiger partial charge in [0.15, 0.2) is 11.5 Å². The molecule has 0 aliphatic carbocycles. The Balaban J connectivity index is 1.50. The summed E-state index contributed by atoms with van der Waals surface area (Å²) in [6, 6.07) is 12.3. The molecule has 0 N–H and O–H groups in total. The van der Waals surface area contributed by atoms with Crippen LogP contribution in [0.3, 0.4) is 0 Å². The normalized spacial score (nSPS) is 23.1. The van der Waals surface area contributed by atoms with Crippen molar-refractivity contribution in [3.05, 3.63) is 53.6 Å². The molecule has 2 heterocycles. The van der Waals surface area contributed by atoms with E-state index in [0.717, 1.165) is 58.5 Å². The van der Waals surface area contributed by atoms with E-state index >= 15 is 0 Å². The molecule has 0 saturated carbocycles. The molecular weight excluding hydrogens is 500 g/mol. The van der Waals surface area contributed by atoms with Crippen LogP contribution in [0.2, 0.25) is 0 Å². The summed E-state index contributed by atoms with van der Waals surface area (Å²) in [5, 5.41) is 0. The monoisotopic (exact) mass is 540 g/mol. The lowest BCUT2D eigenvalue weighted by Gasteiger charge is -2.24. The second-order valence-corrected chi connectivity index (χ2v) is 9.91. The van der Waals surface area contributed by atoms with Crippen LogP contribution in [-0.4, -0.2) is 94.5 Å². The summed E-state index contributed by atoms with van der Waals surface area (Å²) in [4.78, 5) is 30.5. The number of fused-ring (bicyclic) bond motifs is 5. The summed E-state index contributed by atoms with van der Waals surface area (Å²) in [6.45, 7) is 6.42.